The van der Waals surface area contributed by atoms with Crippen LogP contribution in [-0.4, -0.2) is 28.2 Å². The van der Waals surface area contributed by atoms with Crippen molar-refractivity contribution in [2.45, 2.75) is 53.3 Å². The molecule has 2 N–H and O–H groups in total. The molecule has 0 bridgehead atoms. The number of nitrogens with one attached hydrogen (secondary N) is 2. The van der Waals surface area contributed by atoms with Crippen LogP contribution in [0.5, 0.6) is 5.75 Å². The first-order chi connectivity index (χ1) is 11.9. The van der Waals surface area contributed by atoms with Gasteiger partial charge in [0.15, 0.2) is 11.8 Å². The summed E-state index contributed by atoms with van der Waals surface area (Å²) in [6.07, 6.45) is 0. The summed E-state index contributed by atoms with van der Waals surface area (Å²) in [4.78, 5) is 8.80. The third-order valence-electron chi connectivity index (χ3n) is 3.12. The Morgan fingerprint density at radius 3 is 2.58 bits per heavy atom. The van der Waals surface area contributed by atoms with E-state index in [0.717, 1.165) is 17.9 Å². The summed E-state index contributed by atoms with van der Waals surface area (Å²) in [6, 6.07) is 7.95. The highest BCUT2D eigenvalue weighted by Crippen LogP contribution is 2.23. The number of para-hydroxylation sites is 1. The first-order valence-electron chi connectivity index (χ1n) is 8.45. The van der Waals surface area contributed by atoms with Crippen molar-refractivity contribution in [3.63, 3.8) is 0 Å². The van der Waals surface area contributed by atoms with Crippen molar-refractivity contribution in [2.75, 3.05) is 6.54 Å². The second kappa shape index (κ2) is 10.3. The van der Waals surface area contributed by atoms with Gasteiger partial charge in [-0.25, -0.2) is 4.99 Å². The third kappa shape index (κ3) is 7.59. The van der Waals surface area contributed by atoms with Gasteiger partial charge in [-0.2, -0.15) is 4.98 Å². The molecule has 0 radical (unpaired) electrons. The Labute approximate surface area is 172 Å². The van der Waals surface area contributed by atoms with Gasteiger partial charge >= 0.3 is 0 Å². The predicted octanol–water partition coefficient (Wildman–Crippen LogP) is 3.43. The van der Waals surface area contributed by atoms with Crippen LogP contribution in [-0.2, 0) is 13.1 Å². The smallest absolute Gasteiger partial charge is 0.223 e. The van der Waals surface area contributed by atoms with Crippen LogP contribution in [0.1, 0.15) is 45.0 Å². The lowest BCUT2D eigenvalue weighted by Gasteiger charge is -2.23. The third-order valence-corrected chi connectivity index (χ3v) is 3.12. The summed E-state index contributed by atoms with van der Waals surface area (Å²) >= 11 is 0. The lowest BCUT2D eigenvalue weighted by atomic mass is 10.1. The Kier molecular flexibility index (Phi) is 8.83. The fourth-order valence-corrected chi connectivity index (χ4v) is 2.15. The molecule has 0 aliphatic heterocycles. The SMILES string of the molecule is CCNC(=NCc1ccccc1OC(C)(C)C)NCc1noc(C)n1.I. The van der Waals surface area contributed by atoms with Crippen LogP contribution in [0.25, 0.3) is 0 Å². The molecular weight excluding hydrogens is 445 g/mol. The van der Waals surface area contributed by atoms with E-state index in [4.69, 9.17) is 9.26 Å². The van der Waals surface area contributed by atoms with Gasteiger partial charge in [-0.05, 0) is 33.8 Å². The molecule has 0 unspecified atom stereocenters. The maximum atomic E-state index is 6.01. The second-order valence-corrected chi connectivity index (χ2v) is 6.60. The van der Waals surface area contributed by atoms with E-state index in [-0.39, 0.29) is 29.6 Å². The number of rotatable bonds is 6. The standard InChI is InChI=1S/C18H27N5O2.HI/c1-6-19-17(21-12-16-22-13(2)25-23-16)20-11-14-9-7-8-10-15(14)24-18(3,4)5;/h7-10H,6,11-12H2,1-5H3,(H2,19,20,21);1H. The summed E-state index contributed by atoms with van der Waals surface area (Å²) in [5.41, 5.74) is 0.781. The van der Waals surface area contributed by atoms with Gasteiger partial charge in [0, 0.05) is 19.0 Å². The second-order valence-electron chi connectivity index (χ2n) is 6.60. The van der Waals surface area contributed by atoms with Gasteiger partial charge in [-0.1, -0.05) is 23.4 Å². The highest BCUT2D eigenvalue weighted by molar-refractivity contribution is 14.0. The fraction of sp³-hybridized carbons (Fsp3) is 0.500. The van der Waals surface area contributed by atoms with Crippen LogP contribution in [0.15, 0.2) is 33.8 Å². The van der Waals surface area contributed by atoms with E-state index >= 15 is 0 Å². The number of aryl methyl sites for hydroxylation is 1. The van der Waals surface area contributed by atoms with Gasteiger partial charge in [0.1, 0.15) is 11.4 Å². The Morgan fingerprint density at radius 2 is 1.96 bits per heavy atom. The zero-order valence-corrected chi connectivity index (χ0v) is 18.3. The van der Waals surface area contributed by atoms with Crippen LogP contribution in [0, 0.1) is 6.92 Å². The normalized spacial score (nSPS) is 11.7. The Morgan fingerprint density at radius 1 is 1.23 bits per heavy atom. The van der Waals surface area contributed by atoms with E-state index in [1.165, 1.54) is 0 Å². The molecule has 0 atom stereocenters. The van der Waals surface area contributed by atoms with Crippen molar-refractivity contribution in [3.05, 3.63) is 41.5 Å². The molecule has 1 aromatic carbocycles. The summed E-state index contributed by atoms with van der Waals surface area (Å²) in [5, 5.41) is 10.3. The number of hydrogen-bond donors (Lipinski definition) is 2. The summed E-state index contributed by atoms with van der Waals surface area (Å²) in [6.45, 7) is 11.6. The molecule has 8 heteroatoms. The van der Waals surface area contributed by atoms with Crippen molar-refractivity contribution >= 4 is 29.9 Å². The summed E-state index contributed by atoms with van der Waals surface area (Å²) in [7, 11) is 0. The largest absolute Gasteiger partial charge is 0.488 e. The lowest BCUT2D eigenvalue weighted by Crippen LogP contribution is -2.37. The highest BCUT2D eigenvalue weighted by atomic mass is 127. The Hall–Kier alpha value is -1.84. The van der Waals surface area contributed by atoms with Crippen LogP contribution in [0.3, 0.4) is 0 Å². The number of aliphatic imine (C=N–C) groups is 1. The van der Waals surface area contributed by atoms with E-state index < -0.39 is 0 Å². The van der Waals surface area contributed by atoms with Crippen LogP contribution >= 0.6 is 24.0 Å². The molecule has 0 saturated carbocycles. The molecular formula is C18H28IN5O2. The molecule has 2 rings (SSSR count). The number of aromatic nitrogens is 2. The molecule has 1 heterocycles. The molecule has 0 aliphatic carbocycles. The molecule has 0 saturated heterocycles. The van der Waals surface area contributed by atoms with Crippen LogP contribution < -0.4 is 15.4 Å². The zero-order chi connectivity index (χ0) is 18.3. The van der Waals surface area contributed by atoms with E-state index in [0.29, 0.717) is 30.8 Å². The maximum Gasteiger partial charge on any atom is 0.223 e. The Balaban J connectivity index is 0.00000338. The van der Waals surface area contributed by atoms with Gasteiger partial charge in [0.2, 0.25) is 5.89 Å². The van der Waals surface area contributed by atoms with Crippen molar-refractivity contribution in [1.82, 2.24) is 20.8 Å². The number of halogens is 1. The maximum absolute atomic E-state index is 6.01. The van der Waals surface area contributed by atoms with Crippen molar-refractivity contribution in [1.29, 1.82) is 0 Å². The van der Waals surface area contributed by atoms with Crippen LogP contribution in [0.4, 0.5) is 0 Å². The molecule has 0 amide bonds. The van der Waals surface area contributed by atoms with Gasteiger partial charge < -0.3 is 19.9 Å². The van der Waals surface area contributed by atoms with Gasteiger partial charge in [-0.3, -0.25) is 0 Å². The average Bonchev–Trinajstić information content (AvgIpc) is 2.95. The molecule has 2 aromatic rings. The number of ether oxygens (including phenoxy) is 1. The van der Waals surface area contributed by atoms with E-state index in [2.05, 4.69) is 25.8 Å². The van der Waals surface area contributed by atoms with Gasteiger partial charge in [0.25, 0.3) is 0 Å². The highest BCUT2D eigenvalue weighted by Gasteiger charge is 2.14. The van der Waals surface area contributed by atoms with E-state index in [9.17, 15) is 0 Å². The number of guanidine groups is 1. The van der Waals surface area contributed by atoms with E-state index in [1.54, 1.807) is 6.92 Å². The quantitative estimate of drug-likeness (QED) is 0.380. The van der Waals surface area contributed by atoms with Crippen LogP contribution in [0.2, 0.25) is 0 Å². The fourth-order valence-electron chi connectivity index (χ4n) is 2.15. The number of hydrogen-bond acceptors (Lipinski definition) is 5. The molecule has 144 valence electrons. The molecule has 0 spiro atoms. The minimum absolute atomic E-state index is 0. The molecule has 0 fully saturated rings. The molecule has 7 nitrogen and oxygen atoms in total. The minimum atomic E-state index is -0.251. The monoisotopic (exact) mass is 473 g/mol. The molecule has 0 aliphatic rings. The van der Waals surface area contributed by atoms with Crippen molar-refractivity contribution in [2.24, 2.45) is 4.99 Å². The van der Waals surface area contributed by atoms with E-state index in [1.807, 2.05) is 52.0 Å². The lowest BCUT2D eigenvalue weighted by molar-refractivity contribution is 0.129. The molecule has 26 heavy (non-hydrogen) atoms. The minimum Gasteiger partial charge on any atom is -0.488 e. The van der Waals surface area contributed by atoms with Gasteiger partial charge in [0.05, 0.1) is 13.1 Å². The topological polar surface area (TPSA) is 84.6 Å². The zero-order valence-electron chi connectivity index (χ0n) is 16.0. The molecule has 1 aromatic heterocycles. The van der Waals surface area contributed by atoms with Crippen molar-refractivity contribution in [3.8, 4) is 5.75 Å². The summed E-state index contributed by atoms with van der Waals surface area (Å²) in [5.74, 6) is 2.69. The number of nitrogens with zero attached hydrogens (tertiary/aromatic N) is 3. The van der Waals surface area contributed by atoms with Crippen molar-refractivity contribution < 1.29 is 9.26 Å². The first kappa shape index (κ1) is 22.2. The average molecular weight is 473 g/mol. The van der Waals surface area contributed by atoms with Gasteiger partial charge in [-0.15, -0.1) is 24.0 Å². The summed E-state index contributed by atoms with van der Waals surface area (Å²) < 4.78 is 11.0. The number of benzene rings is 1. The predicted molar refractivity (Wildman–Crippen MR) is 113 cm³/mol. The Bertz CT molecular complexity index is 710. The first-order valence-corrected chi connectivity index (χ1v) is 8.45.